The zero-order chi connectivity index (χ0) is 46.5. The first-order valence-electron chi connectivity index (χ1n) is 22.0. The van der Waals surface area contributed by atoms with Gasteiger partial charge in [-0.3, -0.25) is 29.5 Å². The molecule has 5 amide bonds. The number of imide groups is 1. The van der Waals surface area contributed by atoms with Gasteiger partial charge in [0, 0.05) is 67.0 Å². The lowest BCUT2D eigenvalue weighted by Gasteiger charge is -2.39. The number of methoxy groups -OCH3 is 1. The van der Waals surface area contributed by atoms with Crippen LogP contribution in [-0.4, -0.2) is 93.4 Å². The number of carbonyl (C=O) groups is 4. The largest absolute Gasteiger partial charge is 0.495 e. The third kappa shape index (κ3) is 8.73. The maximum absolute atomic E-state index is 15.2. The molecule has 0 saturated carbocycles. The van der Waals surface area contributed by atoms with Crippen molar-refractivity contribution in [1.82, 2.24) is 30.1 Å². The minimum atomic E-state index is -1.29. The smallest absolute Gasteiger partial charge is 0.328 e. The van der Waals surface area contributed by atoms with E-state index >= 15 is 8.78 Å². The third-order valence-electron chi connectivity index (χ3n) is 13.3. The Bertz CT molecular complexity index is 2900. The molecule has 3 saturated heterocycles. The van der Waals surface area contributed by atoms with E-state index in [-0.39, 0.29) is 41.4 Å². The first-order valence-corrected chi connectivity index (χ1v) is 22.0. The average Bonchev–Trinajstić information content (AvgIpc) is 3.91. The molecule has 9 rings (SSSR count). The summed E-state index contributed by atoms with van der Waals surface area (Å²) < 4.78 is 35.7. The average molecular weight is 897 g/mol. The van der Waals surface area contributed by atoms with E-state index in [1.54, 1.807) is 25.1 Å². The van der Waals surface area contributed by atoms with Crippen molar-refractivity contribution >= 4 is 46.2 Å². The number of benzene rings is 4. The molecule has 0 radical (unpaired) electrons. The fourth-order valence-corrected chi connectivity index (χ4v) is 9.45. The molecule has 340 valence electrons. The summed E-state index contributed by atoms with van der Waals surface area (Å²) in [5, 5.41) is 15.9. The van der Waals surface area contributed by atoms with Crippen molar-refractivity contribution in [2.45, 2.75) is 58.6 Å². The second kappa shape index (κ2) is 17.4. The van der Waals surface area contributed by atoms with Crippen molar-refractivity contribution in [3.05, 3.63) is 125 Å². The lowest BCUT2D eigenvalue weighted by Crippen LogP contribution is -2.49. The van der Waals surface area contributed by atoms with E-state index in [0.29, 0.717) is 63.5 Å². The van der Waals surface area contributed by atoms with Gasteiger partial charge in [-0.2, -0.15) is 0 Å². The van der Waals surface area contributed by atoms with E-state index in [0.717, 1.165) is 56.2 Å². The van der Waals surface area contributed by atoms with Crippen LogP contribution < -0.4 is 20.3 Å². The normalized spacial score (nSPS) is 16.5. The number of H-pyrrole nitrogens is 1. The first kappa shape index (κ1) is 44.2. The predicted molar refractivity (Wildman–Crippen MR) is 245 cm³/mol. The van der Waals surface area contributed by atoms with Crippen molar-refractivity contribution < 1.29 is 37.8 Å². The van der Waals surface area contributed by atoms with E-state index in [1.165, 1.54) is 62.0 Å². The fourth-order valence-electron chi connectivity index (χ4n) is 9.45. The highest BCUT2D eigenvalue weighted by Crippen LogP contribution is 2.42. The zero-order valence-corrected chi connectivity index (χ0v) is 37.1. The monoisotopic (exact) mass is 896 g/mol. The molecule has 4 N–H and O–H groups in total. The van der Waals surface area contributed by atoms with Crippen molar-refractivity contribution in [2.24, 2.45) is 5.41 Å². The molecule has 0 aliphatic carbocycles. The number of nitrogens with one attached hydrogen (secondary N) is 3. The number of aromatic nitrogens is 3. The molecule has 2 aromatic heterocycles. The van der Waals surface area contributed by atoms with Crippen LogP contribution in [0.15, 0.2) is 85.2 Å². The number of piperidine rings is 1. The molecule has 3 fully saturated rings. The zero-order valence-electron chi connectivity index (χ0n) is 37.1. The molecule has 0 atom stereocenters. The second-order valence-corrected chi connectivity index (χ2v) is 18.1. The number of hydrogen-bond donors (Lipinski definition) is 4. The third-order valence-corrected chi connectivity index (χ3v) is 13.3. The SMILES string of the molecule is COc1ccc(C(=O)N2CCC3(CCN(Cc4ccc(-c5cc6c(-c7cc(F)cc(NC(=O)c8ccc(C(C)(C)O)cc8F)c7C)ncnc6[nH]5)cc4)C3)CC2)cc1N1CCC(=O)NC1=O. The van der Waals surface area contributed by atoms with Gasteiger partial charge in [-0.15, -0.1) is 0 Å². The number of carbonyl (C=O) groups excluding carboxylic acids is 4. The van der Waals surface area contributed by atoms with Gasteiger partial charge in [0.25, 0.3) is 11.8 Å². The van der Waals surface area contributed by atoms with Crippen LogP contribution >= 0.6 is 0 Å². The summed E-state index contributed by atoms with van der Waals surface area (Å²) in [4.78, 5) is 69.5. The van der Waals surface area contributed by atoms with E-state index in [9.17, 15) is 24.3 Å². The van der Waals surface area contributed by atoms with E-state index in [2.05, 4.69) is 54.8 Å². The number of likely N-dealkylation sites (tertiary alicyclic amines) is 2. The molecule has 3 aliphatic heterocycles. The molecule has 1 spiro atoms. The van der Waals surface area contributed by atoms with Crippen LogP contribution in [-0.2, 0) is 16.9 Å². The topological polar surface area (TPSA) is 173 Å². The second-order valence-electron chi connectivity index (χ2n) is 18.1. The van der Waals surface area contributed by atoms with E-state index < -0.39 is 29.2 Å². The minimum Gasteiger partial charge on any atom is -0.495 e. The number of ether oxygens (including phenoxy) is 1. The van der Waals surface area contributed by atoms with Crippen LogP contribution in [0.3, 0.4) is 0 Å². The Morgan fingerprint density at radius 2 is 1.68 bits per heavy atom. The molecular formula is C50H50F2N8O6. The van der Waals surface area contributed by atoms with Gasteiger partial charge in [-0.05, 0) is 123 Å². The van der Waals surface area contributed by atoms with Crippen LogP contribution in [0.4, 0.5) is 25.0 Å². The number of anilines is 2. The number of aromatic amines is 1. The standard InChI is InChI=1S/C50H50F2N8O6/c1-29-36(23-34(51)24-39(29)56-46(62)35-11-10-33(22-38(35)52)49(2,3)65)44-37-25-40(55-45(37)54-28-53-44)31-7-5-30(6-8-31)26-58-18-14-50(27-58)15-19-59(20-16-50)47(63)32-9-12-42(66-4)41(21-32)60-17-13-43(61)57-48(60)64/h5-12,21-25,28,65H,13-20,26-27H2,1-4H3,(H,56,62)(H,53,54,55)(H,57,61,64). The van der Waals surface area contributed by atoms with Gasteiger partial charge in [-0.1, -0.05) is 30.3 Å². The Labute approximate surface area is 380 Å². The number of aliphatic hydroxyl groups is 1. The quantitative estimate of drug-likeness (QED) is 0.107. The van der Waals surface area contributed by atoms with Gasteiger partial charge in [0.05, 0.1) is 29.7 Å². The summed E-state index contributed by atoms with van der Waals surface area (Å²) in [6.45, 7) is 8.93. The summed E-state index contributed by atoms with van der Waals surface area (Å²) in [6, 6.07) is 21.2. The Morgan fingerprint density at radius 3 is 2.39 bits per heavy atom. The van der Waals surface area contributed by atoms with Gasteiger partial charge < -0.3 is 25.0 Å². The molecule has 66 heavy (non-hydrogen) atoms. The van der Waals surface area contributed by atoms with Crippen molar-refractivity contribution in [3.63, 3.8) is 0 Å². The number of nitrogens with zero attached hydrogens (tertiary/aromatic N) is 5. The van der Waals surface area contributed by atoms with Crippen LogP contribution in [0, 0.1) is 24.0 Å². The molecule has 16 heteroatoms. The van der Waals surface area contributed by atoms with Crippen LogP contribution in [0.25, 0.3) is 33.5 Å². The van der Waals surface area contributed by atoms with Crippen LogP contribution in [0.1, 0.15) is 76.9 Å². The molecule has 6 aromatic rings. The summed E-state index contributed by atoms with van der Waals surface area (Å²) >= 11 is 0. The van der Waals surface area contributed by atoms with E-state index in [4.69, 9.17) is 4.74 Å². The highest BCUT2D eigenvalue weighted by atomic mass is 19.1. The minimum absolute atomic E-state index is 0.0965. The number of hydrogen-bond acceptors (Lipinski definition) is 9. The van der Waals surface area contributed by atoms with E-state index in [1.807, 2.05) is 11.0 Å². The molecular weight excluding hydrogens is 847 g/mol. The summed E-state index contributed by atoms with van der Waals surface area (Å²) in [5.41, 5.74) is 4.86. The van der Waals surface area contributed by atoms with Crippen molar-refractivity contribution in [1.29, 1.82) is 0 Å². The number of amides is 5. The molecule has 0 bridgehead atoms. The Balaban J connectivity index is 0.839. The van der Waals surface area contributed by atoms with Gasteiger partial charge >= 0.3 is 6.03 Å². The summed E-state index contributed by atoms with van der Waals surface area (Å²) in [5.74, 6) is -2.17. The molecule has 3 aliphatic rings. The maximum atomic E-state index is 15.2. The highest BCUT2D eigenvalue weighted by molar-refractivity contribution is 6.07. The van der Waals surface area contributed by atoms with Crippen molar-refractivity contribution in [3.8, 4) is 28.3 Å². The molecule has 4 aromatic carbocycles. The number of urea groups is 1. The fraction of sp³-hybridized carbons (Fsp3) is 0.320. The van der Waals surface area contributed by atoms with Crippen LogP contribution in [0.2, 0.25) is 0 Å². The van der Waals surface area contributed by atoms with Gasteiger partial charge in [-0.25, -0.2) is 23.5 Å². The molecule has 5 heterocycles. The number of rotatable bonds is 10. The predicted octanol–water partition coefficient (Wildman–Crippen LogP) is 7.94. The van der Waals surface area contributed by atoms with Crippen molar-refractivity contribution in [2.75, 3.05) is 50.1 Å². The highest BCUT2D eigenvalue weighted by Gasteiger charge is 2.41. The Hall–Kier alpha value is -7.04. The lowest BCUT2D eigenvalue weighted by atomic mass is 9.77. The Morgan fingerprint density at radius 1 is 0.924 bits per heavy atom. The molecule has 0 unspecified atom stereocenters. The van der Waals surface area contributed by atoms with Gasteiger partial charge in [0.2, 0.25) is 5.91 Å². The number of halogens is 2. The molecule has 14 nitrogen and oxygen atoms in total. The van der Waals surface area contributed by atoms with Crippen LogP contribution in [0.5, 0.6) is 5.75 Å². The number of fused-ring (bicyclic) bond motifs is 1. The Kier molecular flexibility index (Phi) is 11.6. The lowest BCUT2D eigenvalue weighted by molar-refractivity contribution is -0.120. The summed E-state index contributed by atoms with van der Waals surface area (Å²) in [7, 11) is 1.51. The first-order chi connectivity index (χ1) is 31.6. The summed E-state index contributed by atoms with van der Waals surface area (Å²) in [6.07, 6.45) is 4.40. The maximum Gasteiger partial charge on any atom is 0.328 e. The van der Waals surface area contributed by atoms with Gasteiger partial charge in [0.15, 0.2) is 0 Å². The van der Waals surface area contributed by atoms with Gasteiger partial charge in [0.1, 0.15) is 29.4 Å².